The van der Waals surface area contributed by atoms with Crippen LogP contribution in [-0.4, -0.2) is 26.4 Å². The van der Waals surface area contributed by atoms with Crippen molar-refractivity contribution in [1.82, 2.24) is 9.71 Å². The first-order valence-corrected chi connectivity index (χ1v) is 8.52. The van der Waals surface area contributed by atoms with Gasteiger partial charge in [0.25, 0.3) is 5.91 Å². The predicted octanol–water partition coefficient (Wildman–Crippen LogP) is 2.17. The highest BCUT2D eigenvalue weighted by atomic mass is 32.2. The van der Waals surface area contributed by atoms with Gasteiger partial charge in [0.2, 0.25) is 10.0 Å². The van der Waals surface area contributed by atoms with Crippen LogP contribution in [0.4, 0.5) is 5.82 Å². The molecule has 2 aromatic rings. The molecule has 1 aromatic carbocycles. The van der Waals surface area contributed by atoms with Gasteiger partial charge in [-0.05, 0) is 62.7 Å². The molecule has 1 amide bonds. The van der Waals surface area contributed by atoms with Gasteiger partial charge >= 0.3 is 0 Å². The van der Waals surface area contributed by atoms with Crippen molar-refractivity contribution in [2.24, 2.45) is 0 Å². The summed E-state index contributed by atoms with van der Waals surface area (Å²) in [4.78, 5) is 16.6. The van der Waals surface area contributed by atoms with Crippen LogP contribution in [0.15, 0.2) is 35.4 Å². The van der Waals surface area contributed by atoms with Crippen LogP contribution in [0.25, 0.3) is 0 Å². The number of benzene rings is 1. The molecule has 0 unspecified atom stereocenters. The Hall–Kier alpha value is -2.25. The van der Waals surface area contributed by atoms with E-state index in [1.54, 1.807) is 32.2 Å². The molecular weight excluding hydrogens is 314 g/mol. The summed E-state index contributed by atoms with van der Waals surface area (Å²) in [6, 6.07) is 6.65. The quantitative estimate of drug-likeness (QED) is 0.897. The van der Waals surface area contributed by atoms with Gasteiger partial charge in [0.15, 0.2) is 0 Å². The number of rotatable bonds is 4. The standard InChI is InChI=1S/C16H19N3O3S/c1-10-6-5-7-18-15(10)19-16(20)13-8-11(2)12(3)14(9-13)23(21,22)17-4/h5-9,17H,1-4H3,(H,18,19,20). The van der Waals surface area contributed by atoms with Crippen molar-refractivity contribution in [2.75, 3.05) is 12.4 Å². The van der Waals surface area contributed by atoms with E-state index in [0.717, 1.165) is 11.1 Å². The second kappa shape index (κ2) is 6.47. The van der Waals surface area contributed by atoms with E-state index in [1.807, 2.05) is 13.0 Å². The first-order valence-electron chi connectivity index (χ1n) is 7.04. The van der Waals surface area contributed by atoms with E-state index in [1.165, 1.54) is 13.1 Å². The van der Waals surface area contributed by atoms with E-state index in [-0.39, 0.29) is 10.5 Å². The maximum absolute atomic E-state index is 12.4. The summed E-state index contributed by atoms with van der Waals surface area (Å²) in [5.41, 5.74) is 2.44. The predicted molar refractivity (Wildman–Crippen MR) is 89.1 cm³/mol. The Balaban J connectivity index is 2.44. The van der Waals surface area contributed by atoms with Crippen LogP contribution in [0.1, 0.15) is 27.0 Å². The Morgan fingerprint density at radius 1 is 1.13 bits per heavy atom. The van der Waals surface area contributed by atoms with Gasteiger partial charge in [-0.1, -0.05) is 6.07 Å². The lowest BCUT2D eigenvalue weighted by molar-refractivity contribution is 0.102. The second-order valence-corrected chi connectivity index (χ2v) is 7.10. The van der Waals surface area contributed by atoms with Crippen molar-refractivity contribution in [1.29, 1.82) is 0 Å². The molecule has 23 heavy (non-hydrogen) atoms. The minimum Gasteiger partial charge on any atom is -0.306 e. The molecule has 1 aromatic heterocycles. The highest BCUT2D eigenvalue weighted by molar-refractivity contribution is 7.89. The zero-order chi connectivity index (χ0) is 17.2. The molecule has 0 aliphatic carbocycles. The molecular formula is C16H19N3O3S. The first-order chi connectivity index (χ1) is 10.8. The lowest BCUT2D eigenvalue weighted by Crippen LogP contribution is -2.21. The van der Waals surface area contributed by atoms with E-state index >= 15 is 0 Å². The first kappa shape index (κ1) is 17.1. The Bertz CT molecular complexity index is 861. The van der Waals surface area contributed by atoms with Gasteiger partial charge in [0.1, 0.15) is 5.82 Å². The maximum atomic E-state index is 12.4. The van der Waals surface area contributed by atoms with Crippen molar-refractivity contribution in [3.05, 3.63) is 52.7 Å². The van der Waals surface area contributed by atoms with Gasteiger partial charge in [-0.15, -0.1) is 0 Å². The van der Waals surface area contributed by atoms with E-state index in [0.29, 0.717) is 11.4 Å². The van der Waals surface area contributed by atoms with Gasteiger partial charge in [-0.25, -0.2) is 18.1 Å². The van der Waals surface area contributed by atoms with Crippen molar-refractivity contribution >= 4 is 21.7 Å². The SMILES string of the molecule is CNS(=O)(=O)c1cc(C(=O)Nc2ncccc2C)cc(C)c1C. The number of amides is 1. The smallest absolute Gasteiger partial charge is 0.256 e. The number of hydrogen-bond acceptors (Lipinski definition) is 4. The largest absolute Gasteiger partial charge is 0.306 e. The van der Waals surface area contributed by atoms with Crippen LogP contribution in [0.5, 0.6) is 0 Å². The Kier molecular flexibility index (Phi) is 4.82. The molecule has 2 rings (SSSR count). The summed E-state index contributed by atoms with van der Waals surface area (Å²) in [7, 11) is -2.29. The number of carbonyl (C=O) groups excluding carboxylic acids is 1. The Morgan fingerprint density at radius 3 is 2.43 bits per heavy atom. The average molecular weight is 333 g/mol. The van der Waals surface area contributed by atoms with Crippen molar-refractivity contribution in [2.45, 2.75) is 25.7 Å². The van der Waals surface area contributed by atoms with Gasteiger partial charge in [0.05, 0.1) is 4.90 Å². The fourth-order valence-electron chi connectivity index (χ4n) is 2.14. The summed E-state index contributed by atoms with van der Waals surface area (Å²) in [5, 5.41) is 2.70. The Labute approximate surface area is 136 Å². The summed E-state index contributed by atoms with van der Waals surface area (Å²) in [5.74, 6) is 0.0520. The number of nitrogens with one attached hydrogen (secondary N) is 2. The zero-order valence-electron chi connectivity index (χ0n) is 13.5. The number of aryl methyl sites for hydroxylation is 2. The van der Waals surface area contributed by atoms with E-state index in [2.05, 4.69) is 15.0 Å². The number of nitrogens with zero attached hydrogens (tertiary/aromatic N) is 1. The van der Waals surface area contributed by atoms with Crippen molar-refractivity contribution < 1.29 is 13.2 Å². The van der Waals surface area contributed by atoms with Gasteiger partial charge in [-0.3, -0.25) is 4.79 Å². The monoisotopic (exact) mass is 333 g/mol. The Morgan fingerprint density at radius 2 is 1.83 bits per heavy atom. The van der Waals surface area contributed by atoms with Gasteiger partial charge in [0, 0.05) is 11.8 Å². The molecule has 0 aliphatic heterocycles. The van der Waals surface area contributed by atoms with Crippen LogP contribution >= 0.6 is 0 Å². The number of sulfonamides is 1. The minimum atomic E-state index is -3.63. The fourth-order valence-corrected chi connectivity index (χ4v) is 3.21. The molecule has 0 bridgehead atoms. The molecule has 0 fully saturated rings. The maximum Gasteiger partial charge on any atom is 0.256 e. The lowest BCUT2D eigenvalue weighted by atomic mass is 10.1. The minimum absolute atomic E-state index is 0.0999. The number of hydrogen-bond donors (Lipinski definition) is 2. The summed E-state index contributed by atoms with van der Waals surface area (Å²) in [6.07, 6.45) is 1.58. The fraction of sp³-hybridized carbons (Fsp3) is 0.250. The third-order valence-corrected chi connectivity index (χ3v) is 5.22. The van der Waals surface area contributed by atoms with Crippen LogP contribution in [-0.2, 0) is 10.0 Å². The molecule has 0 aliphatic rings. The molecule has 6 nitrogen and oxygen atoms in total. The highest BCUT2D eigenvalue weighted by Gasteiger charge is 2.19. The van der Waals surface area contributed by atoms with Crippen molar-refractivity contribution in [3.8, 4) is 0 Å². The molecule has 2 N–H and O–H groups in total. The number of anilines is 1. The summed E-state index contributed by atoms with van der Waals surface area (Å²) >= 11 is 0. The molecule has 1 heterocycles. The normalized spacial score (nSPS) is 11.3. The third-order valence-electron chi connectivity index (χ3n) is 3.68. The van der Waals surface area contributed by atoms with Crippen LogP contribution in [0.3, 0.4) is 0 Å². The molecule has 122 valence electrons. The highest BCUT2D eigenvalue weighted by Crippen LogP contribution is 2.22. The topological polar surface area (TPSA) is 88.2 Å². The number of carbonyl (C=O) groups is 1. The molecule has 0 saturated heterocycles. The molecule has 0 radical (unpaired) electrons. The van der Waals surface area contributed by atoms with Crippen LogP contribution in [0, 0.1) is 20.8 Å². The van der Waals surface area contributed by atoms with E-state index < -0.39 is 15.9 Å². The molecule has 0 atom stereocenters. The van der Waals surface area contributed by atoms with Crippen molar-refractivity contribution in [3.63, 3.8) is 0 Å². The molecule has 0 saturated carbocycles. The molecule has 7 heteroatoms. The van der Waals surface area contributed by atoms with Gasteiger partial charge in [-0.2, -0.15) is 0 Å². The summed E-state index contributed by atoms with van der Waals surface area (Å²) in [6.45, 7) is 5.32. The summed E-state index contributed by atoms with van der Waals surface area (Å²) < 4.78 is 26.5. The zero-order valence-corrected chi connectivity index (χ0v) is 14.3. The van der Waals surface area contributed by atoms with E-state index in [4.69, 9.17) is 0 Å². The second-order valence-electron chi connectivity index (χ2n) is 5.25. The number of aromatic nitrogens is 1. The number of pyridine rings is 1. The molecule has 0 spiro atoms. The van der Waals surface area contributed by atoms with E-state index in [9.17, 15) is 13.2 Å². The lowest BCUT2D eigenvalue weighted by Gasteiger charge is -2.13. The third kappa shape index (κ3) is 3.57. The van der Waals surface area contributed by atoms with Crippen LogP contribution in [0.2, 0.25) is 0 Å². The van der Waals surface area contributed by atoms with Crippen LogP contribution < -0.4 is 10.0 Å². The average Bonchev–Trinajstić information content (AvgIpc) is 2.51. The van der Waals surface area contributed by atoms with Gasteiger partial charge < -0.3 is 5.32 Å².